The Balaban J connectivity index is 2.55. The SMILES string of the molecule is CC1NC=C(I)c2cc[nH]c21. The lowest BCUT2D eigenvalue weighted by Gasteiger charge is -2.18. The van der Waals surface area contributed by atoms with Crippen LogP contribution in [0.2, 0.25) is 0 Å². The Morgan fingerprint density at radius 3 is 3.09 bits per heavy atom. The smallest absolute Gasteiger partial charge is 0.0636 e. The second kappa shape index (κ2) is 2.55. The number of halogens is 1. The topological polar surface area (TPSA) is 27.8 Å². The van der Waals surface area contributed by atoms with Gasteiger partial charge in [-0.1, -0.05) is 0 Å². The van der Waals surface area contributed by atoms with Gasteiger partial charge in [0.2, 0.25) is 0 Å². The van der Waals surface area contributed by atoms with Gasteiger partial charge in [0.25, 0.3) is 0 Å². The van der Waals surface area contributed by atoms with Crippen molar-refractivity contribution in [1.29, 1.82) is 0 Å². The Kier molecular flexibility index (Phi) is 1.67. The van der Waals surface area contributed by atoms with Gasteiger partial charge in [0.1, 0.15) is 0 Å². The van der Waals surface area contributed by atoms with Gasteiger partial charge in [-0.05, 0) is 35.6 Å². The van der Waals surface area contributed by atoms with Gasteiger partial charge in [-0.15, -0.1) is 0 Å². The standard InChI is InChI=1S/C8H9IN2/c1-5-8-6(2-3-10-8)7(9)4-11-5/h2-5,10-11H,1H3. The molecule has 0 aliphatic carbocycles. The quantitative estimate of drug-likeness (QED) is 0.689. The van der Waals surface area contributed by atoms with Gasteiger partial charge in [-0.2, -0.15) is 0 Å². The van der Waals surface area contributed by atoms with E-state index >= 15 is 0 Å². The lowest BCUT2D eigenvalue weighted by molar-refractivity contribution is 0.661. The zero-order valence-corrected chi connectivity index (χ0v) is 8.34. The maximum Gasteiger partial charge on any atom is 0.0636 e. The first kappa shape index (κ1) is 7.21. The highest BCUT2D eigenvalue weighted by Crippen LogP contribution is 2.31. The average Bonchev–Trinajstić information content (AvgIpc) is 2.45. The van der Waals surface area contributed by atoms with Crippen molar-refractivity contribution in [2.45, 2.75) is 13.0 Å². The van der Waals surface area contributed by atoms with E-state index in [1.54, 1.807) is 0 Å². The molecule has 3 heteroatoms. The normalized spacial score (nSPS) is 22.0. The van der Waals surface area contributed by atoms with Crippen LogP contribution in [0.1, 0.15) is 24.2 Å². The number of nitrogens with one attached hydrogen (secondary N) is 2. The highest BCUT2D eigenvalue weighted by atomic mass is 127. The van der Waals surface area contributed by atoms with Crippen molar-refractivity contribution in [2.75, 3.05) is 0 Å². The van der Waals surface area contributed by atoms with E-state index in [0.29, 0.717) is 6.04 Å². The van der Waals surface area contributed by atoms with Crippen LogP contribution in [0.5, 0.6) is 0 Å². The third-order valence-corrected chi connectivity index (χ3v) is 2.82. The van der Waals surface area contributed by atoms with Crippen molar-refractivity contribution in [3.63, 3.8) is 0 Å². The summed E-state index contributed by atoms with van der Waals surface area (Å²) in [5, 5.41) is 3.27. The highest BCUT2D eigenvalue weighted by molar-refractivity contribution is 14.1. The third-order valence-electron chi connectivity index (χ3n) is 1.93. The molecule has 1 aromatic rings. The van der Waals surface area contributed by atoms with Crippen molar-refractivity contribution in [1.82, 2.24) is 10.3 Å². The van der Waals surface area contributed by atoms with Crippen LogP contribution in [0.3, 0.4) is 0 Å². The Morgan fingerprint density at radius 1 is 1.55 bits per heavy atom. The minimum atomic E-state index is 0.415. The molecule has 0 saturated heterocycles. The Bertz CT molecular complexity index is 301. The second-order valence-corrected chi connectivity index (χ2v) is 3.85. The molecule has 1 aliphatic heterocycles. The second-order valence-electron chi connectivity index (χ2n) is 2.69. The number of hydrogen-bond donors (Lipinski definition) is 2. The lowest BCUT2D eigenvalue weighted by atomic mass is 10.1. The van der Waals surface area contributed by atoms with Gasteiger partial charge in [0.15, 0.2) is 0 Å². The van der Waals surface area contributed by atoms with Crippen molar-refractivity contribution >= 4 is 26.2 Å². The summed E-state index contributed by atoms with van der Waals surface area (Å²) in [6.07, 6.45) is 4.04. The summed E-state index contributed by atoms with van der Waals surface area (Å²) in [5.41, 5.74) is 2.62. The first-order valence-corrected chi connectivity index (χ1v) is 4.66. The maximum atomic E-state index is 3.27. The van der Waals surface area contributed by atoms with Crippen LogP contribution in [0.15, 0.2) is 18.5 Å². The molecule has 0 amide bonds. The van der Waals surface area contributed by atoms with Gasteiger partial charge >= 0.3 is 0 Å². The molecule has 2 nitrogen and oxygen atoms in total. The summed E-state index contributed by atoms with van der Waals surface area (Å²) in [6.45, 7) is 2.15. The van der Waals surface area contributed by atoms with Gasteiger partial charge in [0.05, 0.1) is 6.04 Å². The number of H-pyrrole nitrogens is 1. The number of fused-ring (bicyclic) bond motifs is 1. The number of aromatic nitrogens is 1. The molecule has 58 valence electrons. The van der Waals surface area contributed by atoms with Crippen LogP contribution in [0.4, 0.5) is 0 Å². The fourth-order valence-corrected chi connectivity index (χ4v) is 1.96. The molecule has 0 bridgehead atoms. The molecule has 1 aliphatic rings. The minimum Gasteiger partial charge on any atom is -0.382 e. The fraction of sp³-hybridized carbons (Fsp3) is 0.250. The summed E-state index contributed by atoms with van der Waals surface area (Å²) in [5.74, 6) is 0. The Hall–Kier alpha value is -0.450. The van der Waals surface area contributed by atoms with E-state index < -0.39 is 0 Å². The molecule has 0 saturated carbocycles. The van der Waals surface area contributed by atoms with Gasteiger partial charge in [-0.25, -0.2) is 0 Å². The van der Waals surface area contributed by atoms with Crippen molar-refractivity contribution in [3.05, 3.63) is 29.7 Å². The van der Waals surface area contributed by atoms with E-state index in [9.17, 15) is 0 Å². The summed E-state index contributed by atoms with van der Waals surface area (Å²) in [7, 11) is 0. The van der Waals surface area contributed by atoms with Crippen LogP contribution >= 0.6 is 22.6 Å². The zero-order valence-electron chi connectivity index (χ0n) is 6.19. The molecular weight excluding hydrogens is 251 g/mol. The third kappa shape index (κ3) is 1.07. The number of aromatic amines is 1. The minimum absolute atomic E-state index is 0.415. The molecule has 2 rings (SSSR count). The summed E-state index contributed by atoms with van der Waals surface area (Å²) in [6, 6.07) is 2.53. The first-order chi connectivity index (χ1) is 5.29. The highest BCUT2D eigenvalue weighted by Gasteiger charge is 2.16. The monoisotopic (exact) mass is 260 g/mol. The molecule has 1 unspecified atom stereocenters. The van der Waals surface area contributed by atoms with Crippen LogP contribution in [0.25, 0.3) is 3.58 Å². The van der Waals surface area contributed by atoms with Crippen molar-refractivity contribution in [3.8, 4) is 0 Å². The molecule has 0 radical (unpaired) electrons. The van der Waals surface area contributed by atoms with E-state index in [1.807, 2.05) is 6.20 Å². The largest absolute Gasteiger partial charge is 0.382 e. The predicted octanol–water partition coefficient (Wildman–Crippen LogP) is 2.41. The van der Waals surface area contributed by atoms with Gasteiger partial charge < -0.3 is 10.3 Å². The molecule has 0 spiro atoms. The zero-order chi connectivity index (χ0) is 7.84. The molecule has 11 heavy (non-hydrogen) atoms. The summed E-state index contributed by atoms with van der Waals surface area (Å²) >= 11 is 2.33. The van der Waals surface area contributed by atoms with Crippen molar-refractivity contribution in [2.24, 2.45) is 0 Å². The van der Waals surface area contributed by atoms with E-state index in [4.69, 9.17) is 0 Å². The fourth-order valence-electron chi connectivity index (χ4n) is 1.31. The molecule has 0 aromatic carbocycles. The molecular formula is C8H9IN2. The van der Waals surface area contributed by atoms with Crippen LogP contribution in [0, 0.1) is 0 Å². The molecule has 1 atom stereocenters. The average molecular weight is 260 g/mol. The predicted molar refractivity (Wildman–Crippen MR) is 54.3 cm³/mol. The van der Waals surface area contributed by atoms with E-state index in [2.05, 4.69) is 52.1 Å². The molecule has 2 N–H and O–H groups in total. The lowest BCUT2D eigenvalue weighted by Crippen LogP contribution is -2.17. The van der Waals surface area contributed by atoms with E-state index in [1.165, 1.54) is 14.8 Å². The molecule has 1 aromatic heterocycles. The molecule has 2 heterocycles. The maximum absolute atomic E-state index is 3.27. The van der Waals surface area contributed by atoms with E-state index in [0.717, 1.165) is 0 Å². The van der Waals surface area contributed by atoms with Crippen LogP contribution in [-0.2, 0) is 0 Å². The van der Waals surface area contributed by atoms with Gasteiger partial charge in [-0.3, -0.25) is 0 Å². The van der Waals surface area contributed by atoms with Crippen LogP contribution in [-0.4, -0.2) is 4.98 Å². The summed E-state index contributed by atoms with van der Waals surface area (Å²) < 4.78 is 1.27. The van der Waals surface area contributed by atoms with Gasteiger partial charge in [0, 0.05) is 27.2 Å². The number of hydrogen-bond acceptors (Lipinski definition) is 1. The Labute approximate surface area is 79.2 Å². The number of rotatable bonds is 0. The first-order valence-electron chi connectivity index (χ1n) is 3.58. The van der Waals surface area contributed by atoms with E-state index in [-0.39, 0.29) is 0 Å². The Morgan fingerprint density at radius 2 is 2.36 bits per heavy atom. The summed E-state index contributed by atoms with van der Waals surface area (Å²) in [4.78, 5) is 3.23. The molecule has 0 fully saturated rings. The van der Waals surface area contributed by atoms with Crippen molar-refractivity contribution < 1.29 is 0 Å². The van der Waals surface area contributed by atoms with Crippen LogP contribution < -0.4 is 5.32 Å².